The monoisotopic (exact) mass is 236 g/mol. The van der Waals surface area contributed by atoms with Gasteiger partial charge in [-0.2, -0.15) is 0 Å². The zero-order valence-corrected chi connectivity index (χ0v) is 10.2. The maximum Gasteiger partial charge on any atom is 0.219 e. The van der Waals surface area contributed by atoms with Crippen LogP contribution in [0.4, 0.5) is 0 Å². The molecule has 1 atom stereocenters. The number of amides is 1. The summed E-state index contributed by atoms with van der Waals surface area (Å²) in [5, 5.41) is 12.6. The van der Waals surface area contributed by atoms with Crippen molar-refractivity contribution in [2.75, 3.05) is 7.05 Å². The van der Waals surface area contributed by atoms with Crippen molar-refractivity contribution in [1.82, 2.24) is 9.88 Å². The Morgan fingerprint density at radius 1 is 1.65 bits per heavy atom. The van der Waals surface area contributed by atoms with Crippen molar-refractivity contribution < 1.29 is 9.90 Å². The van der Waals surface area contributed by atoms with Gasteiger partial charge < -0.3 is 15.0 Å². The van der Waals surface area contributed by atoms with Crippen LogP contribution < -0.4 is 5.32 Å². The Hall–Kier alpha value is -1.29. The van der Waals surface area contributed by atoms with E-state index in [-0.39, 0.29) is 12.0 Å². The summed E-state index contributed by atoms with van der Waals surface area (Å²) in [7, 11) is 1.65. The molecule has 1 aliphatic rings. The molecule has 0 saturated heterocycles. The lowest BCUT2D eigenvalue weighted by molar-refractivity contribution is -0.120. The molecule has 1 aromatic heterocycles. The van der Waals surface area contributed by atoms with Gasteiger partial charge in [-0.15, -0.1) is 0 Å². The molecule has 0 spiro atoms. The highest BCUT2D eigenvalue weighted by Crippen LogP contribution is 2.40. The van der Waals surface area contributed by atoms with Gasteiger partial charge in [0.25, 0.3) is 0 Å². The van der Waals surface area contributed by atoms with Gasteiger partial charge in [0.15, 0.2) is 0 Å². The van der Waals surface area contributed by atoms with E-state index in [1.165, 1.54) is 0 Å². The van der Waals surface area contributed by atoms with Crippen LogP contribution in [0.25, 0.3) is 0 Å². The van der Waals surface area contributed by atoms with Crippen LogP contribution in [-0.2, 0) is 11.3 Å². The fourth-order valence-corrected chi connectivity index (χ4v) is 2.00. The summed E-state index contributed by atoms with van der Waals surface area (Å²) in [6, 6.07) is 1.98. The maximum absolute atomic E-state index is 11.1. The quantitative estimate of drug-likeness (QED) is 0.785. The Labute approximate surface area is 102 Å². The molecule has 1 fully saturated rings. The van der Waals surface area contributed by atoms with Crippen LogP contribution in [0, 0.1) is 5.92 Å². The van der Waals surface area contributed by atoms with Gasteiger partial charge in [0, 0.05) is 32.4 Å². The zero-order valence-electron chi connectivity index (χ0n) is 10.2. The van der Waals surface area contributed by atoms with Crippen molar-refractivity contribution in [3.63, 3.8) is 0 Å². The summed E-state index contributed by atoms with van der Waals surface area (Å²) >= 11 is 0. The van der Waals surface area contributed by atoms with Gasteiger partial charge in [0.1, 0.15) is 0 Å². The zero-order chi connectivity index (χ0) is 12.3. The minimum atomic E-state index is -0.296. The summed E-state index contributed by atoms with van der Waals surface area (Å²) in [6.45, 7) is 0.824. The number of carbonyl (C=O) groups excluding carboxylic acids is 1. The number of rotatable bonds is 6. The number of aromatic nitrogens is 1. The lowest BCUT2D eigenvalue weighted by Crippen LogP contribution is -2.17. The lowest BCUT2D eigenvalue weighted by atomic mass is 10.1. The molecule has 2 rings (SSSR count). The molecule has 94 valence electrons. The first kappa shape index (κ1) is 12.2. The Kier molecular flexibility index (Phi) is 3.84. The predicted molar refractivity (Wildman–Crippen MR) is 65.4 cm³/mol. The molecule has 1 saturated carbocycles. The fourth-order valence-electron chi connectivity index (χ4n) is 2.00. The number of aryl methyl sites for hydroxylation is 1. The van der Waals surface area contributed by atoms with Crippen molar-refractivity contribution in [2.24, 2.45) is 5.92 Å². The molecule has 2 N–H and O–H groups in total. The number of nitrogens with zero attached hydrogens (tertiary/aromatic N) is 1. The molecule has 1 unspecified atom stereocenters. The minimum Gasteiger partial charge on any atom is -0.388 e. The van der Waals surface area contributed by atoms with Gasteiger partial charge in [-0.3, -0.25) is 4.79 Å². The van der Waals surface area contributed by atoms with Crippen molar-refractivity contribution in [2.45, 2.75) is 38.3 Å². The molecule has 1 aromatic rings. The largest absolute Gasteiger partial charge is 0.388 e. The van der Waals surface area contributed by atoms with Gasteiger partial charge in [-0.05, 0) is 36.8 Å². The Bertz CT molecular complexity index is 383. The van der Waals surface area contributed by atoms with Crippen LogP contribution in [0.1, 0.15) is 37.4 Å². The Morgan fingerprint density at radius 3 is 3.06 bits per heavy atom. The summed E-state index contributed by atoms with van der Waals surface area (Å²) in [5.41, 5.74) is 1.01. The van der Waals surface area contributed by atoms with E-state index in [0.717, 1.165) is 31.4 Å². The number of hydrogen-bond donors (Lipinski definition) is 2. The van der Waals surface area contributed by atoms with Crippen LogP contribution in [0.5, 0.6) is 0 Å². The van der Waals surface area contributed by atoms with Crippen LogP contribution >= 0.6 is 0 Å². The van der Waals surface area contributed by atoms with Crippen LogP contribution in [0.2, 0.25) is 0 Å². The van der Waals surface area contributed by atoms with Gasteiger partial charge in [0.2, 0.25) is 5.91 Å². The molecule has 4 heteroatoms. The average molecular weight is 236 g/mol. The standard InChI is InChI=1S/C13H20N2O2/c1-14-12(16)3-2-7-15-8-6-11(9-15)13(17)10-4-5-10/h6,8-10,13,17H,2-5,7H2,1H3,(H,14,16). The summed E-state index contributed by atoms with van der Waals surface area (Å²) in [5.74, 6) is 0.548. The topological polar surface area (TPSA) is 54.3 Å². The molecule has 1 heterocycles. The van der Waals surface area contributed by atoms with E-state index in [1.807, 2.05) is 23.0 Å². The minimum absolute atomic E-state index is 0.0791. The van der Waals surface area contributed by atoms with E-state index >= 15 is 0 Å². The highest BCUT2D eigenvalue weighted by molar-refractivity contribution is 5.75. The summed E-state index contributed by atoms with van der Waals surface area (Å²) in [4.78, 5) is 11.1. The summed E-state index contributed by atoms with van der Waals surface area (Å²) in [6.07, 6.45) is 7.33. The molecule has 17 heavy (non-hydrogen) atoms. The molecule has 0 radical (unpaired) electrons. The highest BCUT2D eigenvalue weighted by atomic mass is 16.3. The molecular weight excluding hydrogens is 216 g/mol. The molecule has 1 aliphatic carbocycles. The predicted octanol–water partition coefficient (Wildman–Crippen LogP) is 1.46. The van der Waals surface area contributed by atoms with E-state index in [9.17, 15) is 9.90 Å². The third-order valence-electron chi connectivity index (χ3n) is 3.28. The highest BCUT2D eigenvalue weighted by Gasteiger charge is 2.31. The number of nitrogens with one attached hydrogen (secondary N) is 1. The number of aliphatic hydroxyl groups is 1. The molecule has 4 nitrogen and oxygen atoms in total. The van der Waals surface area contributed by atoms with Crippen LogP contribution in [0.15, 0.2) is 18.5 Å². The third kappa shape index (κ3) is 3.33. The van der Waals surface area contributed by atoms with E-state index < -0.39 is 0 Å². The lowest BCUT2D eigenvalue weighted by Gasteiger charge is -2.06. The second-order valence-electron chi connectivity index (χ2n) is 4.74. The maximum atomic E-state index is 11.1. The molecule has 0 aliphatic heterocycles. The van der Waals surface area contributed by atoms with E-state index in [2.05, 4.69) is 5.32 Å². The first-order valence-electron chi connectivity index (χ1n) is 6.25. The third-order valence-corrected chi connectivity index (χ3v) is 3.28. The Morgan fingerprint density at radius 2 is 2.41 bits per heavy atom. The van der Waals surface area contributed by atoms with Gasteiger partial charge >= 0.3 is 0 Å². The molecule has 0 bridgehead atoms. The van der Waals surface area contributed by atoms with Gasteiger partial charge in [-0.25, -0.2) is 0 Å². The van der Waals surface area contributed by atoms with Crippen molar-refractivity contribution in [1.29, 1.82) is 0 Å². The molecular formula is C13H20N2O2. The molecule has 0 aromatic carbocycles. The first-order valence-corrected chi connectivity index (χ1v) is 6.25. The number of hydrogen-bond acceptors (Lipinski definition) is 2. The van der Waals surface area contributed by atoms with Gasteiger partial charge in [0.05, 0.1) is 6.10 Å². The normalized spacial score (nSPS) is 16.8. The van der Waals surface area contributed by atoms with E-state index in [1.54, 1.807) is 7.05 Å². The van der Waals surface area contributed by atoms with Gasteiger partial charge in [-0.1, -0.05) is 0 Å². The fraction of sp³-hybridized carbons (Fsp3) is 0.615. The Balaban J connectivity index is 1.79. The second kappa shape index (κ2) is 5.36. The molecule has 1 amide bonds. The SMILES string of the molecule is CNC(=O)CCCn1ccc(C(O)C2CC2)c1. The number of carbonyl (C=O) groups is 1. The second-order valence-corrected chi connectivity index (χ2v) is 4.74. The first-order chi connectivity index (χ1) is 8.20. The average Bonchev–Trinajstić information content (AvgIpc) is 3.08. The van der Waals surface area contributed by atoms with Crippen molar-refractivity contribution in [3.05, 3.63) is 24.0 Å². The van der Waals surface area contributed by atoms with Crippen LogP contribution in [0.3, 0.4) is 0 Å². The van der Waals surface area contributed by atoms with Crippen molar-refractivity contribution >= 4 is 5.91 Å². The van der Waals surface area contributed by atoms with Crippen LogP contribution in [-0.4, -0.2) is 22.6 Å². The number of aliphatic hydroxyl groups excluding tert-OH is 1. The van der Waals surface area contributed by atoms with E-state index in [4.69, 9.17) is 0 Å². The smallest absolute Gasteiger partial charge is 0.219 e. The van der Waals surface area contributed by atoms with E-state index in [0.29, 0.717) is 12.3 Å². The van der Waals surface area contributed by atoms with Crippen molar-refractivity contribution in [3.8, 4) is 0 Å². The summed E-state index contributed by atoms with van der Waals surface area (Å²) < 4.78 is 2.05.